The van der Waals surface area contributed by atoms with Gasteiger partial charge in [0.15, 0.2) is 5.78 Å². The third-order valence-electron chi connectivity index (χ3n) is 2.75. The van der Waals surface area contributed by atoms with Gasteiger partial charge in [-0.05, 0) is 43.0 Å². The number of hydrogen-bond donors (Lipinski definition) is 0. The first kappa shape index (κ1) is 10.9. The van der Waals surface area contributed by atoms with Crippen LogP contribution >= 0.6 is 0 Å². The Morgan fingerprint density at radius 1 is 1.31 bits per heavy atom. The molecule has 16 heavy (non-hydrogen) atoms. The lowest BCUT2D eigenvalue weighted by molar-refractivity contribution is -0.114. The monoisotopic (exact) mass is 217 g/mol. The topological polar surface area (TPSA) is 39.2 Å². The Balaban J connectivity index is 2.38. The second-order valence-electron chi connectivity index (χ2n) is 3.90. The van der Waals surface area contributed by atoms with E-state index in [9.17, 15) is 4.79 Å². The minimum atomic E-state index is 0.195. The molecule has 0 fully saturated rings. The number of ketones is 1. The van der Waals surface area contributed by atoms with Crippen LogP contribution in [0.2, 0.25) is 0 Å². The van der Waals surface area contributed by atoms with Crippen molar-refractivity contribution in [3.63, 3.8) is 0 Å². The summed E-state index contributed by atoms with van der Waals surface area (Å²) in [5, 5.41) is 0. The van der Waals surface area contributed by atoms with Crippen molar-refractivity contribution in [3.05, 3.63) is 30.1 Å². The Bertz CT molecular complexity index is 424. The van der Waals surface area contributed by atoms with E-state index in [4.69, 9.17) is 4.74 Å². The smallest absolute Gasteiger partial charge is 0.156 e. The molecule has 84 valence electrons. The zero-order chi connectivity index (χ0) is 11.4. The quantitative estimate of drug-likeness (QED) is 0.764. The van der Waals surface area contributed by atoms with Crippen molar-refractivity contribution in [1.29, 1.82) is 0 Å². The molecule has 3 nitrogen and oxygen atoms in total. The van der Waals surface area contributed by atoms with Gasteiger partial charge in [0, 0.05) is 12.6 Å². The Morgan fingerprint density at radius 3 is 2.94 bits per heavy atom. The molecule has 0 aromatic carbocycles. The summed E-state index contributed by atoms with van der Waals surface area (Å²) in [6, 6.07) is 3.71. The van der Waals surface area contributed by atoms with Crippen LogP contribution in [0.4, 0.5) is 0 Å². The van der Waals surface area contributed by atoms with Crippen molar-refractivity contribution in [3.8, 4) is 5.75 Å². The lowest BCUT2D eigenvalue weighted by atomic mass is 10.1. The van der Waals surface area contributed by atoms with Crippen molar-refractivity contribution in [2.75, 3.05) is 7.11 Å². The predicted molar refractivity (Wildman–Crippen MR) is 62.2 cm³/mol. The molecule has 0 saturated heterocycles. The molecule has 1 aliphatic rings. The number of aromatic nitrogens is 1. The number of nitrogens with zero attached hydrogens (tertiary/aromatic N) is 1. The van der Waals surface area contributed by atoms with Crippen LogP contribution in [0.15, 0.2) is 24.4 Å². The number of rotatable bonds is 2. The number of hydrogen-bond acceptors (Lipinski definition) is 3. The van der Waals surface area contributed by atoms with E-state index in [2.05, 4.69) is 4.98 Å². The Hall–Kier alpha value is -1.64. The third-order valence-corrected chi connectivity index (χ3v) is 2.75. The number of allylic oxidation sites excluding steroid dienone is 2. The second-order valence-corrected chi connectivity index (χ2v) is 3.90. The zero-order valence-corrected chi connectivity index (χ0v) is 9.40. The van der Waals surface area contributed by atoms with Crippen molar-refractivity contribution < 1.29 is 9.53 Å². The lowest BCUT2D eigenvalue weighted by Crippen LogP contribution is -1.96. The van der Waals surface area contributed by atoms with Crippen LogP contribution in [0.5, 0.6) is 5.75 Å². The van der Waals surface area contributed by atoms with Crippen LogP contribution in [-0.4, -0.2) is 17.9 Å². The molecular formula is C13H15NO2. The first-order chi connectivity index (χ1) is 7.81. The summed E-state index contributed by atoms with van der Waals surface area (Å²) in [5.41, 5.74) is 1.81. The first-order valence-electron chi connectivity index (χ1n) is 5.54. The SMILES string of the molecule is COc1cccnc1C1=CC(=O)CCCC1. The van der Waals surface area contributed by atoms with Crippen LogP contribution in [0, 0.1) is 0 Å². The zero-order valence-electron chi connectivity index (χ0n) is 9.40. The maximum Gasteiger partial charge on any atom is 0.156 e. The molecule has 2 rings (SSSR count). The van der Waals surface area contributed by atoms with Crippen molar-refractivity contribution >= 4 is 11.4 Å². The molecule has 1 aromatic heterocycles. The summed E-state index contributed by atoms with van der Waals surface area (Å²) in [4.78, 5) is 15.8. The highest BCUT2D eigenvalue weighted by Crippen LogP contribution is 2.29. The van der Waals surface area contributed by atoms with Crippen LogP contribution < -0.4 is 4.74 Å². The van der Waals surface area contributed by atoms with Gasteiger partial charge in [-0.15, -0.1) is 0 Å². The van der Waals surface area contributed by atoms with Gasteiger partial charge in [0.25, 0.3) is 0 Å². The molecule has 1 heterocycles. The van der Waals surface area contributed by atoms with Gasteiger partial charge in [-0.25, -0.2) is 0 Å². The fourth-order valence-corrected chi connectivity index (χ4v) is 1.94. The minimum Gasteiger partial charge on any atom is -0.494 e. The molecule has 0 bridgehead atoms. The highest BCUT2D eigenvalue weighted by molar-refractivity contribution is 5.97. The fourth-order valence-electron chi connectivity index (χ4n) is 1.94. The van der Waals surface area contributed by atoms with Gasteiger partial charge < -0.3 is 4.74 Å². The van der Waals surface area contributed by atoms with Crippen LogP contribution in [0.3, 0.4) is 0 Å². The average Bonchev–Trinajstić information content (AvgIpc) is 2.54. The molecule has 0 N–H and O–H groups in total. The van der Waals surface area contributed by atoms with E-state index in [1.54, 1.807) is 19.4 Å². The summed E-state index contributed by atoms with van der Waals surface area (Å²) >= 11 is 0. The highest BCUT2D eigenvalue weighted by Gasteiger charge is 2.14. The molecule has 0 amide bonds. The van der Waals surface area contributed by atoms with Gasteiger partial charge in [-0.2, -0.15) is 0 Å². The third kappa shape index (κ3) is 2.30. The van der Waals surface area contributed by atoms with E-state index in [1.165, 1.54) is 0 Å². The maximum atomic E-state index is 11.5. The van der Waals surface area contributed by atoms with Crippen LogP contribution in [0.1, 0.15) is 31.4 Å². The molecule has 1 aliphatic carbocycles. The van der Waals surface area contributed by atoms with Gasteiger partial charge >= 0.3 is 0 Å². The minimum absolute atomic E-state index is 0.195. The standard InChI is InChI=1S/C13H15NO2/c1-16-12-7-4-8-14-13(12)10-5-2-3-6-11(15)9-10/h4,7-9H,2-3,5-6H2,1H3. The maximum absolute atomic E-state index is 11.5. The van der Waals surface area contributed by atoms with Crippen LogP contribution in [0.25, 0.3) is 5.57 Å². The van der Waals surface area contributed by atoms with E-state index < -0.39 is 0 Å². The summed E-state index contributed by atoms with van der Waals surface area (Å²) in [5.74, 6) is 0.934. The molecule has 0 spiro atoms. The van der Waals surface area contributed by atoms with Gasteiger partial charge in [0.2, 0.25) is 0 Å². The average molecular weight is 217 g/mol. The number of methoxy groups -OCH3 is 1. The molecule has 0 atom stereocenters. The second kappa shape index (κ2) is 4.92. The van der Waals surface area contributed by atoms with Gasteiger partial charge in [0.1, 0.15) is 11.4 Å². The number of carbonyl (C=O) groups is 1. The molecule has 1 aromatic rings. The number of pyridine rings is 1. The van der Waals surface area contributed by atoms with Crippen LogP contribution in [-0.2, 0) is 4.79 Å². The predicted octanol–water partition coefficient (Wildman–Crippen LogP) is 2.62. The van der Waals surface area contributed by atoms with Crippen molar-refractivity contribution in [2.24, 2.45) is 0 Å². The summed E-state index contributed by atoms with van der Waals surface area (Å²) < 4.78 is 5.26. The molecule has 0 radical (unpaired) electrons. The molecule has 0 aliphatic heterocycles. The molecule has 0 unspecified atom stereocenters. The summed E-state index contributed by atoms with van der Waals surface area (Å²) in [6.07, 6.45) is 7.01. The van der Waals surface area contributed by atoms with Crippen molar-refractivity contribution in [2.45, 2.75) is 25.7 Å². The van der Waals surface area contributed by atoms with E-state index >= 15 is 0 Å². The van der Waals surface area contributed by atoms with Gasteiger partial charge in [0.05, 0.1) is 7.11 Å². The fraction of sp³-hybridized carbons (Fsp3) is 0.385. The summed E-state index contributed by atoms with van der Waals surface area (Å²) in [7, 11) is 1.62. The van der Waals surface area contributed by atoms with E-state index in [0.717, 1.165) is 36.3 Å². The lowest BCUT2D eigenvalue weighted by Gasteiger charge is -2.09. The highest BCUT2D eigenvalue weighted by atomic mass is 16.5. The Morgan fingerprint density at radius 2 is 2.12 bits per heavy atom. The Kier molecular flexibility index (Phi) is 3.34. The molecular weight excluding hydrogens is 202 g/mol. The molecule has 0 saturated carbocycles. The van der Waals surface area contributed by atoms with E-state index in [0.29, 0.717) is 6.42 Å². The number of carbonyl (C=O) groups excluding carboxylic acids is 1. The van der Waals surface area contributed by atoms with E-state index in [-0.39, 0.29) is 5.78 Å². The van der Waals surface area contributed by atoms with Gasteiger partial charge in [-0.1, -0.05) is 0 Å². The molecule has 3 heteroatoms. The summed E-state index contributed by atoms with van der Waals surface area (Å²) in [6.45, 7) is 0. The Labute approximate surface area is 95.2 Å². The number of ether oxygens (including phenoxy) is 1. The van der Waals surface area contributed by atoms with E-state index in [1.807, 2.05) is 12.1 Å². The van der Waals surface area contributed by atoms with Crippen molar-refractivity contribution in [1.82, 2.24) is 4.98 Å². The normalized spacial score (nSPS) is 16.6. The van der Waals surface area contributed by atoms with Gasteiger partial charge in [-0.3, -0.25) is 9.78 Å². The first-order valence-corrected chi connectivity index (χ1v) is 5.54. The largest absolute Gasteiger partial charge is 0.494 e.